The minimum atomic E-state index is -1.46. The number of anilines is 1. The van der Waals surface area contributed by atoms with Crippen molar-refractivity contribution in [2.45, 2.75) is 79.1 Å². The van der Waals surface area contributed by atoms with Crippen LogP contribution in [0, 0.1) is 0 Å². The Kier molecular flexibility index (Phi) is 7.90. The third-order valence-corrected chi connectivity index (χ3v) is 3.19. The van der Waals surface area contributed by atoms with Crippen molar-refractivity contribution < 1.29 is 43.2 Å². The molecule has 0 atom stereocenters. The van der Waals surface area contributed by atoms with E-state index in [1.165, 1.54) is 6.07 Å². The molecule has 0 spiro atoms. The van der Waals surface area contributed by atoms with E-state index in [-0.39, 0.29) is 11.4 Å². The minimum absolute atomic E-state index is 0.151. The number of hydrogen-bond acceptors (Lipinski definition) is 8. The van der Waals surface area contributed by atoms with Crippen LogP contribution >= 0.6 is 0 Å². The molecule has 0 aliphatic heterocycles. The summed E-state index contributed by atoms with van der Waals surface area (Å²) in [5.74, 6) is -1.79. The second-order valence-corrected chi connectivity index (χ2v) is 9.85. The molecule has 0 aliphatic carbocycles. The number of ether oxygens (including phenoxy) is 4. The first-order valence-corrected chi connectivity index (χ1v) is 9.83. The van der Waals surface area contributed by atoms with Gasteiger partial charge >= 0.3 is 24.3 Å². The number of nitrogens with zero attached hydrogens (tertiary/aromatic N) is 1. The maximum Gasteiger partial charge on any atom is 0.514 e. The van der Waals surface area contributed by atoms with Crippen LogP contribution in [-0.2, 0) is 14.2 Å². The molecule has 0 radical (unpaired) electrons. The van der Waals surface area contributed by atoms with Crippen LogP contribution in [0.3, 0.4) is 0 Å². The Morgan fingerprint density at radius 2 is 1.19 bits per heavy atom. The number of imide groups is 1. The molecule has 2 amide bonds. The van der Waals surface area contributed by atoms with Gasteiger partial charge in [0.05, 0.1) is 5.69 Å². The molecule has 0 aromatic heterocycles. The Morgan fingerprint density at radius 1 is 0.750 bits per heavy atom. The van der Waals surface area contributed by atoms with Gasteiger partial charge in [0, 0.05) is 0 Å². The van der Waals surface area contributed by atoms with Crippen LogP contribution < -0.4 is 9.64 Å². The van der Waals surface area contributed by atoms with Crippen molar-refractivity contribution in [2.24, 2.45) is 0 Å². The number of carbonyl (C=O) groups excluding carboxylic acids is 3. The van der Waals surface area contributed by atoms with Crippen LogP contribution in [0.2, 0.25) is 0 Å². The zero-order chi connectivity index (χ0) is 25.1. The highest BCUT2D eigenvalue weighted by atomic mass is 16.7. The van der Waals surface area contributed by atoms with Crippen LogP contribution in [0.15, 0.2) is 18.2 Å². The molecule has 0 heterocycles. The average molecular weight is 453 g/mol. The first-order chi connectivity index (χ1) is 14.3. The summed E-state index contributed by atoms with van der Waals surface area (Å²) in [4.78, 5) is 49.8. The predicted octanol–water partition coefficient (Wildman–Crippen LogP) is 5.38. The SMILES string of the molecule is CC(C)(C)OC(=O)Oc1ccc(N(C(=O)OC(C)(C)C)C(=O)OC(C)(C)C)cc1C(=O)O. The maximum absolute atomic E-state index is 12.7. The molecule has 0 saturated carbocycles. The highest BCUT2D eigenvalue weighted by Gasteiger charge is 2.33. The molecule has 1 rings (SSSR count). The Balaban J connectivity index is 3.42. The molecule has 178 valence electrons. The number of hydrogen-bond donors (Lipinski definition) is 1. The van der Waals surface area contributed by atoms with Gasteiger partial charge in [-0.25, -0.2) is 19.2 Å². The van der Waals surface area contributed by atoms with Gasteiger partial charge in [0.15, 0.2) is 0 Å². The molecule has 10 heteroatoms. The molecular weight excluding hydrogens is 422 g/mol. The van der Waals surface area contributed by atoms with E-state index >= 15 is 0 Å². The van der Waals surface area contributed by atoms with Crippen LogP contribution in [0.25, 0.3) is 0 Å². The largest absolute Gasteiger partial charge is 0.514 e. The van der Waals surface area contributed by atoms with Crippen molar-refractivity contribution in [1.29, 1.82) is 0 Å². The number of carboxylic acid groups (broad SMARTS) is 1. The lowest BCUT2D eigenvalue weighted by Gasteiger charge is -2.28. The Morgan fingerprint density at radius 3 is 1.56 bits per heavy atom. The second-order valence-electron chi connectivity index (χ2n) is 9.85. The number of amides is 2. The van der Waals surface area contributed by atoms with E-state index in [0.29, 0.717) is 4.90 Å². The monoisotopic (exact) mass is 453 g/mol. The van der Waals surface area contributed by atoms with Gasteiger partial charge < -0.3 is 24.1 Å². The topological polar surface area (TPSA) is 129 Å². The van der Waals surface area contributed by atoms with Crippen LogP contribution in [0.1, 0.15) is 72.7 Å². The number of benzene rings is 1. The second kappa shape index (κ2) is 9.46. The summed E-state index contributed by atoms with van der Waals surface area (Å²) in [6.45, 7) is 14.5. The molecule has 1 N–H and O–H groups in total. The van der Waals surface area contributed by atoms with E-state index in [9.17, 15) is 24.3 Å². The summed E-state index contributed by atoms with van der Waals surface area (Å²) in [7, 11) is 0. The fourth-order valence-electron chi connectivity index (χ4n) is 2.17. The van der Waals surface area contributed by atoms with E-state index in [1.54, 1.807) is 62.3 Å². The standard InChI is InChI=1S/C22H31NO9/c1-20(2,3)30-17(26)23(18(27)31-21(4,5)6)13-10-11-15(14(12-13)16(24)25)29-19(28)32-22(7,8)9/h10-12H,1-9H3,(H,24,25). The maximum atomic E-state index is 12.7. The minimum Gasteiger partial charge on any atom is -0.478 e. The van der Waals surface area contributed by atoms with Crippen molar-refractivity contribution in [1.82, 2.24) is 0 Å². The molecule has 1 aromatic carbocycles. The normalized spacial score (nSPS) is 11.9. The molecule has 0 bridgehead atoms. The van der Waals surface area contributed by atoms with Gasteiger partial charge in [0.2, 0.25) is 0 Å². The molecule has 0 fully saturated rings. The summed E-state index contributed by atoms with van der Waals surface area (Å²) in [5.41, 5.74) is -3.36. The third-order valence-electron chi connectivity index (χ3n) is 3.19. The fraction of sp³-hybridized carbons (Fsp3) is 0.545. The number of carbonyl (C=O) groups is 4. The zero-order valence-electron chi connectivity index (χ0n) is 19.9. The van der Waals surface area contributed by atoms with E-state index in [4.69, 9.17) is 18.9 Å². The van der Waals surface area contributed by atoms with E-state index in [1.807, 2.05) is 0 Å². The third kappa shape index (κ3) is 8.83. The molecular formula is C22H31NO9. The van der Waals surface area contributed by atoms with Gasteiger partial charge in [-0.1, -0.05) is 0 Å². The van der Waals surface area contributed by atoms with Crippen LogP contribution in [0.4, 0.5) is 20.1 Å². The van der Waals surface area contributed by atoms with E-state index in [2.05, 4.69) is 0 Å². The van der Waals surface area contributed by atoms with Crippen molar-refractivity contribution in [3.63, 3.8) is 0 Å². The lowest BCUT2D eigenvalue weighted by Crippen LogP contribution is -2.43. The first kappa shape index (κ1) is 26.7. The zero-order valence-corrected chi connectivity index (χ0v) is 19.9. The van der Waals surface area contributed by atoms with Crippen molar-refractivity contribution in [3.05, 3.63) is 23.8 Å². The van der Waals surface area contributed by atoms with E-state index in [0.717, 1.165) is 12.1 Å². The smallest absolute Gasteiger partial charge is 0.478 e. The van der Waals surface area contributed by atoms with Crippen molar-refractivity contribution >= 4 is 30.0 Å². The van der Waals surface area contributed by atoms with Gasteiger partial charge in [-0.2, -0.15) is 4.90 Å². The quantitative estimate of drug-likeness (QED) is 0.364. The highest BCUT2D eigenvalue weighted by molar-refractivity contribution is 6.10. The van der Waals surface area contributed by atoms with Crippen molar-refractivity contribution in [2.75, 3.05) is 4.90 Å². The fourth-order valence-corrected chi connectivity index (χ4v) is 2.17. The van der Waals surface area contributed by atoms with Gasteiger partial charge in [0.25, 0.3) is 0 Å². The lowest BCUT2D eigenvalue weighted by atomic mass is 10.1. The average Bonchev–Trinajstić information content (AvgIpc) is 2.50. The van der Waals surface area contributed by atoms with Crippen molar-refractivity contribution in [3.8, 4) is 5.75 Å². The number of carboxylic acids is 1. The predicted molar refractivity (Wildman–Crippen MR) is 115 cm³/mol. The van der Waals surface area contributed by atoms with Gasteiger partial charge in [0.1, 0.15) is 28.1 Å². The number of aromatic carboxylic acids is 1. The Hall–Kier alpha value is -3.30. The molecule has 0 unspecified atom stereocenters. The summed E-state index contributed by atoms with van der Waals surface area (Å²) in [6, 6.07) is 3.35. The Bertz CT molecular complexity index is 858. The van der Waals surface area contributed by atoms with E-state index < -0.39 is 46.7 Å². The summed E-state index contributed by atoms with van der Waals surface area (Å²) in [5, 5.41) is 9.58. The molecule has 0 saturated heterocycles. The van der Waals surface area contributed by atoms with Crippen LogP contribution in [-0.4, -0.2) is 46.2 Å². The molecule has 10 nitrogen and oxygen atoms in total. The number of rotatable bonds is 3. The first-order valence-electron chi connectivity index (χ1n) is 9.83. The molecule has 1 aromatic rings. The highest BCUT2D eigenvalue weighted by Crippen LogP contribution is 2.29. The summed E-state index contributed by atoms with van der Waals surface area (Å²) >= 11 is 0. The molecule has 32 heavy (non-hydrogen) atoms. The summed E-state index contributed by atoms with van der Waals surface area (Å²) < 4.78 is 20.6. The molecule has 0 aliphatic rings. The van der Waals surface area contributed by atoms with Gasteiger partial charge in [-0.05, 0) is 80.5 Å². The van der Waals surface area contributed by atoms with Crippen LogP contribution in [0.5, 0.6) is 5.75 Å². The van der Waals surface area contributed by atoms with Gasteiger partial charge in [-0.15, -0.1) is 0 Å². The Labute approximate surface area is 187 Å². The lowest BCUT2D eigenvalue weighted by molar-refractivity contribution is 0.0202. The van der Waals surface area contributed by atoms with Gasteiger partial charge in [-0.3, -0.25) is 0 Å². The summed E-state index contributed by atoms with van der Waals surface area (Å²) in [6.07, 6.45) is -3.24.